The van der Waals surface area contributed by atoms with Crippen LogP contribution >= 0.6 is 11.3 Å². The monoisotopic (exact) mass is 347 g/mol. The van der Waals surface area contributed by atoms with Crippen LogP contribution in [0.5, 0.6) is 0 Å². The van der Waals surface area contributed by atoms with Crippen molar-refractivity contribution < 1.29 is 0 Å². The zero-order chi connectivity index (χ0) is 16.6. The molecule has 3 aromatic heterocycles. The van der Waals surface area contributed by atoms with Gasteiger partial charge in [0.25, 0.3) is 0 Å². The van der Waals surface area contributed by atoms with E-state index in [2.05, 4.69) is 49.7 Å². The lowest BCUT2D eigenvalue weighted by molar-refractivity contribution is 0.917. The average Bonchev–Trinajstić information content (AvgIpc) is 3.37. The highest BCUT2D eigenvalue weighted by Crippen LogP contribution is 2.39. The zero-order valence-electron chi connectivity index (χ0n) is 13.6. The largest absolute Gasteiger partial charge is 0.365 e. The van der Waals surface area contributed by atoms with E-state index >= 15 is 0 Å². The second kappa shape index (κ2) is 5.97. The van der Waals surface area contributed by atoms with Gasteiger partial charge in [-0.1, -0.05) is 24.3 Å². The number of aromatic nitrogens is 4. The molecule has 0 saturated heterocycles. The molecule has 0 bridgehead atoms. The summed E-state index contributed by atoms with van der Waals surface area (Å²) in [4.78, 5) is 11.6. The molecule has 5 rings (SSSR count). The number of H-pyrrole nitrogens is 1. The van der Waals surface area contributed by atoms with Crippen molar-refractivity contribution in [1.82, 2.24) is 20.2 Å². The molecule has 1 aliphatic rings. The van der Waals surface area contributed by atoms with E-state index in [1.807, 2.05) is 17.4 Å². The summed E-state index contributed by atoms with van der Waals surface area (Å²) in [5.41, 5.74) is 4.85. The smallest absolute Gasteiger partial charge is 0.138 e. The molecule has 0 aliphatic heterocycles. The zero-order valence-corrected chi connectivity index (χ0v) is 14.4. The fourth-order valence-electron chi connectivity index (χ4n) is 3.47. The molecule has 0 saturated carbocycles. The van der Waals surface area contributed by atoms with Crippen LogP contribution in [-0.2, 0) is 19.4 Å². The van der Waals surface area contributed by atoms with Gasteiger partial charge >= 0.3 is 0 Å². The van der Waals surface area contributed by atoms with E-state index < -0.39 is 0 Å². The summed E-state index contributed by atoms with van der Waals surface area (Å²) >= 11 is 1.82. The number of fused-ring (bicyclic) bond motifs is 3. The van der Waals surface area contributed by atoms with Gasteiger partial charge in [-0.2, -0.15) is 5.10 Å². The van der Waals surface area contributed by atoms with Gasteiger partial charge in [0.1, 0.15) is 17.0 Å². The highest BCUT2D eigenvalue weighted by atomic mass is 32.1. The number of hydrogen-bond acceptors (Lipinski definition) is 5. The first kappa shape index (κ1) is 14.6. The van der Waals surface area contributed by atoms with Crippen LogP contribution in [0.25, 0.3) is 21.5 Å². The summed E-state index contributed by atoms with van der Waals surface area (Å²) in [6.07, 6.45) is 7.02. The van der Waals surface area contributed by atoms with Crippen LogP contribution in [0.15, 0.2) is 42.9 Å². The van der Waals surface area contributed by atoms with Crippen LogP contribution in [0.4, 0.5) is 5.82 Å². The molecule has 2 N–H and O–H groups in total. The summed E-state index contributed by atoms with van der Waals surface area (Å²) in [5.74, 6) is 0.960. The van der Waals surface area contributed by atoms with Crippen molar-refractivity contribution in [2.24, 2.45) is 0 Å². The van der Waals surface area contributed by atoms with E-state index in [-0.39, 0.29) is 0 Å². The number of aryl methyl sites for hydroxylation is 2. The van der Waals surface area contributed by atoms with Crippen LogP contribution in [-0.4, -0.2) is 20.2 Å². The van der Waals surface area contributed by atoms with E-state index in [1.54, 1.807) is 12.5 Å². The van der Waals surface area contributed by atoms with Crippen molar-refractivity contribution in [3.05, 3.63) is 58.9 Å². The van der Waals surface area contributed by atoms with Gasteiger partial charge in [0.05, 0.1) is 11.1 Å². The molecule has 6 heteroatoms. The quantitative estimate of drug-likeness (QED) is 0.581. The molecule has 1 aliphatic carbocycles. The lowest BCUT2D eigenvalue weighted by atomic mass is 10.1. The Morgan fingerprint density at radius 1 is 1.08 bits per heavy atom. The molecule has 0 unspecified atom stereocenters. The fourth-order valence-corrected chi connectivity index (χ4v) is 4.70. The van der Waals surface area contributed by atoms with Gasteiger partial charge in [0.2, 0.25) is 0 Å². The molecular weight excluding hydrogens is 330 g/mol. The van der Waals surface area contributed by atoms with Crippen LogP contribution in [0.3, 0.4) is 0 Å². The van der Waals surface area contributed by atoms with Crippen molar-refractivity contribution >= 4 is 27.4 Å². The number of nitrogens with one attached hydrogen (secondary N) is 2. The Labute approximate surface area is 149 Å². The third-order valence-electron chi connectivity index (χ3n) is 4.73. The number of hydrogen-bond donors (Lipinski definition) is 2. The topological polar surface area (TPSA) is 66.5 Å². The van der Waals surface area contributed by atoms with Gasteiger partial charge in [0, 0.05) is 17.6 Å². The second-order valence-corrected chi connectivity index (χ2v) is 7.36. The second-order valence-electron chi connectivity index (χ2n) is 6.28. The lowest BCUT2D eigenvalue weighted by Gasteiger charge is -2.08. The lowest BCUT2D eigenvalue weighted by Crippen LogP contribution is -2.02. The van der Waals surface area contributed by atoms with Crippen LogP contribution in [0, 0.1) is 0 Å². The number of anilines is 1. The molecule has 0 amide bonds. The van der Waals surface area contributed by atoms with Crippen molar-refractivity contribution in [2.45, 2.75) is 25.8 Å². The van der Waals surface area contributed by atoms with Gasteiger partial charge in [-0.3, -0.25) is 5.10 Å². The molecule has 4 aromatic rings. The summed E-state index contributed by atoms with van der Waals surface area (Å²) in [6, 6.07) is 10.5. The Kier molecular flexibility index (Phi) is 3.48. The Morgan fingerprint density at radius 3 is 2.84 bits per heavy atom. The minimum Gasteiger partial charge on any atom is -0.365 e. The molecule has 0 atom stereocenters. The highest BCUT2D eigenvalue weighted by molar-refractivity contribution is 7.19. The summed E-state index contributed by atoms with van der Waals surface area (Å²) in [5, 5.41) is 11.7. The van der Waals surface area contributed by atoms with E-state index in [4.69, 9.17) is 0 Å². The number of benzene rings is 1. The van der Waals surface area contributed by atoms with Gasteiger partial charge < -0.3 is 5.32 Å². The molecule has 124 valence electrons. The maximum absolute atomic E-state index is 4.50. The summed E-state index contributed by atoms with van der Waals surface area (Å²) in [6.45, 7) is 0.750. The van der Waals surface area contributed by atoms with Crippen LogP contribution in [0.2, 0.25) is 0 Å². The van der Waals surface area contributed by atoms with Crippen molar-refractivity contribution in [2.75, 3.05) is 5.32 Å². The minimum atomic E-state index is 0.750. The van der Waals surface area contributed by atoms with E-state index in [1.165, 1.54) is 34.2 Å². The maximum Gasteiger partial charge on any atom is 0.138 e. The van der Waals surface area contributed by atoms with Gasteiger partial charge in [-0.05, 0) is 42.0 Å². The van der Waals surface area contributed by atoms with Crippen molar-refractivity contribution in [3.8, 4) is 11.3 Å². The van der Waals surface area contributed by atoms with Gasteiger partial charge in [-0.15, -0.1) is 11.3 Å². The standard InChI is InChI=1S/C19H17N5S/c1-2-14-16(3-1)25-19-17(14)18(21-11-22-19)20-10-12-4-6-13(7-5-12)15-8-9-23-24-15/h4-9,11H,1-3,10H2,(H,23,24)(H,20,21,22). The fraction of sp³-hybridized carbons (Fsp3) is 0.211. The van der Waals surface area contributed by atoms with E-state index in [0.717, 1.165) is 34.9 Å². The first-order valence-corrected chi connectivity index (χ1v) is 9.28. The maximum atomic E-state index is 4.50. The summed E-state index contributed by atoms with van der Waals surface area (Å²) in [7, 11) is 0. The predicted molar refractivity (Wildman–Crippen MR) is 101 cm³/mol. The Hall–Kier alpha value is -2.73. The Balaban J connectivity index is 1.39. The predicted octanol–water partition coefficient (Wildman–Crippen LogP) is 4.18. The number of thiophene rings is 1. The van der Waals surface area contributed by atoms with E-state index in [9.17, 15) is 0 Å². The molecule has 0 fully saturated rings. The normalized spacial score (nSPS) is 13.3. The van der Waals surface area contributed by atoms with Crippen molar-refractivity contribution in [1.29, 1.82) is 0 Å². The Bertz CT molecular complexity index is 1020. The highest BCUT2D eigenvalue weighted by Gasteiger charge is 2.20. The van der Waals surface area contributed by atoms with Crippen LogP contribution in [0.1, 0.15) is 22.4 Å². The van der Waals surface area contributed by atoms with E-state index in [0.29, 0.717) is 0 Å². The van der Waals surface area contributed by atoms with Crippen LogP contribution < -0.4 is 5.32 Å². The first-order chi connectivity index (χ1) is 12.4. The number of nitrogens with zero attached hydrogens (tertiary/aromatic N) is 3. The molecule has 0 radical (unpaired) electrons. The van der Waals surface area contributed by atoms with Crippen molar-refractivity contribution in [3.63, 3.8) is 0 Å². The third-order valence-corrected chi connectivity index (χ3v) is 5.93. The number of rotatable bonds is 4. The van der Waals surface area contributed by atoms with Gasteiger partial charge in [0.15, 0.2) is 0 Å². The first-order valence-electron chi connectivity index (χ1n) is 8.46. The molecule has 0 spiro atoms. The Morgan fingerprint density at radius 2 is 2.00 bits per heavy atom. The SMILES string of the molecule is c1cc(-c2ccc(CNc3ncnc4sc5c(c34)CCC5)cc2)[nH]n1. The third kappa shape index (κ3) is 2.59. The molecule has 3 heterocycles. The molecule has 1 aromatic carbocycles. The molecular formula is C19H17N5S. The molecule has 25 heavy (non-hydrogen) atoms. The minimum absolute atomic E-state index is 0.750. The number of aromatic amines is 1. The average molecular weight is 347 g/mol. The summed E-state index contributed by atoms with van der Waals surface area (Å²) < 4.78 is 0. The molecule has 5 nitrogen and oxygen atoms in total. The van der Waals surface area contributed by atoms with Gasteiger partial charge in [-0.25, -0.2) is 9.97 Å².